The predicted octanol–water partition coefficient (Wildman–Crippen LogP) is 2.43. The normalized spacial score (nSPS) is 20.5. The summed E-state index contributed by atoms with van der Waals surface area (Å²) in [5.74, 6) is 0.552. The fraction of sp³-hybridized carbons (Fsp3) is 0.650. The van der Waals surface area contributed by atoms with Crippen molar-refractivity contribution in [2.24, 2.45) is 5.92 Å². The van der Waals surface area contributed by atoms with E-state index >= 15 is 0 Å². The maximum absolute atomic E-state index is 12.7. The van der Waals surface area contributed by atoms with Crippen LogP contribution in [0.4, 0.5) is 5.69 Å². The van der Waals surface area contributed by atoms with Crippen LogP contribution in [-0.2, 0) is 0 Å². The molecule has 0 radical (unpaired) electrons. The molecule has 25 heavy (non-hydrogen) atoms. The van der Waals surface area contributed by atoms with Gasteiger partial charge >= 0.3 is 0 Å². The van der Waals surface area contributed by atoms with Crippen LogP contribution in [0.3, 0.4) is 0 Å². The monoisotopic (exact) mass is 346 g/mol. The Balaban J connectivity index is 2.01. The SMILES string of the molecule is Cc1c(N[C@H](C)C(C)C)cccc1C(=O)NC[C@H]1CN(C)CCN1C. The van der Waals surface area contributed by atoms with Crippen LogP contribution in [0.2, 0.25) is 0 Å². The number of hydrogen-bond donors (Lipinski definition) is 2. The lowest BCUT2D eigenvalue weighted by Gasteiger charge is -2.37. The van der Waals surface area contributed by atoms with Crippen molar-refractivity contribution in [2.45, 2.75) is 39.8 Å². The van der Waals surface area contributed by atoms with E-state index in [1.54, 1.807) is 0 Å². The largest absolute Gasteiger partial charge is 0.382 e. The Morgan fingerprint density at radius 3 is 2.64 bits per heavy atom. The Labute approximate surface area is 152 Å². The molecule has 2 rings (SSSR count). The lowest BCUT2D eigenvalue weighted by Crippen LogP contribution is -2.54. The topological polar surface area (TPSA) is 47.6 Å². The van der Waals surface area contributed by atoms with E-state index in [4.69, 9.17) is 0 Å². The molecule has 1 amide bonds. The van der Waals surface area contributed by atoms with Gasteiger partial charge in [0.25, 0.3) is 5.91 Å². The molecule has 0 unspecified atom stereocenters. The van der Waals surface area contributed by atoms with Crippen LogP contribution < -0.4 is 10.6 Å². The van der Waals surface area contributed by atoms with E-state index in [1.807, 2.05) is 19.1 Å². The number of carbonyl (C=O) groups is 1. The van der Waals surface area contributed by atoms with Crippen LogP contribution in [0.15, 0.2) is 18.2 Å². The Kier molecular flexibility index (Phi) is 6.85. The van der Waals surface area contributed by atoms with Gasteiger partial charge in [0.2, 0.25) is 0 Å². The summed E-state index contributed by atoms with van der Waals surface area (Å²) < 4.78 is 0. The number of nitrogens with one attached hydrogen (secondary N) is 2. The molecular weight excluding hydrogens is 312 g/mol. The van der Waals surface area contributed by atoms with Crippen molar-refractivity contribution in [1.29, 1.82) is 0 Å². The molecule has 0 aromatic heterocycles. The van der Waals surface area contributed by atoms with Crippen LogP contribution in [0.1, 0.15) is 36.7 Å². The highest BCUT2D eigenvalue weighted by atomic mass is 16.1. The van der Waals surface area contributed by atoms with Crippen molar-refractivity contribution in [3.63, 3.8) is 0 Å². The number of amides is 1. The summed E-state index contributed by atoms with van der Waals surface area (Å²) in [6, 6.07) is 6.65. The van der Waals surface area contributed by atoms with Crippen LogP contribution in [0.25, 0.3) is 0 Å². The van der Waals surface area contributed by atoms with E-state index in [0.29, 0.717) is 24.5 Å². The third-order valence-electron chi connectivity index (χ3n) is 5.44. The second-order valence-electron chi connectivity index (χ2n) is 7.76. The molecule has 0 bridgehead atoms. The molecule has 1 aromatic rings. The van der Waals surface area contributed by atoms with Crippen molar-refractivity contribution in [1.82, 2.24) is 15.1 Å². The van der Waals surface area contributed by atoms with Crippen molar-refractivity contribution < 1.29 is 4.79 Å². The molecule has 1 fully saturated rings. The van der Waals surface area contributed by atoms with Crippen LogP contribution in [0.5, 0.6) is 0 Å². The highest BCUT2D eigenvalue weighted by molar-refractivity contribution is 5.97. The quantitative estimate of drug-likeness (QED) is 0.830. The zero-order valence-electron chi connectivity index (χ0n) is 16.6. The molecule has 140 valence electrons. The standard InChI is InChI=1S/C20H34N4O/c1-14(2)16(4)22-19-9-7-8-18(15(19)3)20(25)21-12-17-13-23(5)10-11-24(17)6/h7-9,14,16-17,22H,10-13H2,1-6H3,(H,21,25)/t16-,17+/m1/s1. The van der Waals surface area contributed by atoms with E-state index in [2.05, 4.69) is 61.4 Å². The average molecular weight is 347 g/mol. The molecular formula is C20H34N4O. The first-order valence-electron chi connectivity index (χ1n) is 9.32. The van der Waals surface area contributed by atoms with Crippen LogP contribution in [0, 0.1) is 12.8 Å². The fourth-order valence-electron chi connectivity index (χ4n) is 3.08. The molecule has 2 atom stereocenters. The van der Waals surface area contributed by atoms with E-state index < -0.39 is 0 Å². The Hall–Kier alpha value is -1.59. The maximum atomic E-state index is 12.7. The van der Waals surface area contributed by atoms with Gasteiger partial charge in [-0.1, -0.05) is 19.9 Å². The van der Waals surface area contributed by atoms with Gasteiger partial charge < -0.3 is 15.5 Å². The van der Waals surface area contributed by atoms with Gasteiger partial charge in [-0.2, -0.15) is 0 Å². The summed E-state index contributed by atoms with van der Waals surface area (Å²) in [6.07, 6.45) is 0. The fourth-order valence-corrected chi connectivity index (χ4v) is 3.08. The molecule has 0 saturated carbocycles. The minimum Gasteiger partial charge on any atom is -0.382 e. The number of hydrogen-bond acceptors (Lipinski definition) is 4. The van der Waals surface area contributed by atoms with Crippen molar-refractivity contribution in [3.8, 4) is 0 Å². The minimum atomic E-state index is 0.0139. The molecule has 1 saturated heterocycles. The molecule has 1 aliphatic heterocycles. The second-order valence-corrected chi connectivity index (χ2v) is 7.76. The van der Waals surface area contributed by atoms with E-state index in [0.717, 1.165) is 36.4 Å². The number of nitrogens with zero attached hydrogens (tertiary/aromatic N) is 2. The van der Waals surface area contributed by atoms with Crippen LogP contribution >= 0.6 is 0 Å². The van der Waals surface area contributed by atoms with Gasteiger partial charge in [0, 0.05) is 49.5 Å². The third kappa shape index (κ3) is 5.19. The molecule has 5 heteroatoms. The maximum Gasteiger partial charge on any atom is 0.251 e. The number of piperazine rings is 1. The molecule has 2 N–H and O–H groups in total. The summed E-state index contributed by atoms with van der Waals surface area (Å²) in [5.41, 5.74) is 2.82. The van der Waals surface area contributed by atoms with Crippen molar-refractivity contribution in [3.05, 3.63) is 29.3 Å². The number of carbonyl (C=O) groups excluding carboxylic acids is 1. The summed E-state index contributed by atoms with van der Waals surface area (Å²) in [7, 11) is 4.27. The van der Waals surface area contributed by atoms with E-state index in [9.17, 15) is 4.79 Å². The molecule has 1 aromatic carbocycles. The summed E-state index contributed by atoms with van der Waals surface area (Å²) in [5, 5.41) is 6.66. The molecule has 1 heterocycles. The van der Waals surface area contributed by atoms with E-state index in [1.165, 1.54) is 0 Å². The van der Waals surface area contributed by atoms with Crippen LogP contribution in [-0.4, -0.2) is 68.1 Å². The van der Waals surface area contributed by atoms with Gasteiger partial charge in [-0.05, 0) is 51.6 Å². The van der Waals surface area contributed by atoms with Gasteiger partial charge in [0.1, 0.15) is 0 Å². The minimum absolute atomic E-state index is 0.0139. The first-order valence-corrected chi connectivity index (χ1v) is 9.32. The number of benzene rings is 1. The van der Waals surface area contributed by atoms with Gasteiger partial charge in [0.15, 0.2) is 0 Å². The van der Waals surface area contributed by atoms with Gasteiger partial charge in [-0.3, -0.25) is 9.69 Å². The van der Waals surface area contributed by atoms with Gasteiger partial charge in [0.05, 0.1) is 0 Å². The molecule has 0 spiro atoms. The number of anilines is 1. The summed E-state index contributed by atoms with van der Waals surface area (Å²) in [4.78, 5) is 17.3. The number of rotatable bonds is 6. The first kappa shape index (κ1) is 19.7. The number of likely N-dealkylation sites (N-methyl/N-ethyl adjacent to an activating group) is 2. The first-order chi connectivity index (χ1) is 11.8. The Morgan fingerprint density at radius 1 is 1.24 bits per heavy atom. The highest BCUT2D eigenvalue weighted by Crippen LogP contribution is 2.21. The summed E-state index contributed by atoms with van der Waals surface area (Å²) in [6.45, 7) is 12.4. The lowest BCUT2D eigenvalue weighted by molar-refractivity contribution is 0.0880. The molecule has 5 nitrogen and oxygen atoms in total. The molecule has 1 aliphatic rings. The Morgan fingerprint density at radius 2 is 1.96 bits per heavy atom. The van der Waals surface area contributed by atoms with E-state index in [-0.39, 0.29) is 5.91 Å². The van der Waals surface area contributed by atoms with Crippen molar-refractivity contribution in [2.75, 3.05) is 45.6 Å². The third-order valence-corrected chi connectivity index (χ3v) is 5.44. The summed E-state index contributed by atoms with van der Waals surface area (Å²) >= 11 is 0. The van der Waals surface area contributed by atoms with Gasteiger partial charge in [-0.15, -0.1) is 0 Å². The second kappa shape index (κ2) is 8.68. The molecule has 0 aliphatic carbocycles. The van der Waals surface area contributed by atoms with Gasteiger partial charge in [-0.25, -0.2) is 0 Å². The highest BCUT2D eigenvalue weighted by Gasteiger charge is 2.23. The average Bonchev–Trinajstić information content (AvgIpc) is 2.57. The lowest BCUT2D eigenvalue weighted by atomic mass is 10.0. The smallest absolute Gasteiger partial charge is 0.251 e. The Bertz CT molecular complexity index is 587. The zero-order chi connectivity index (χ0) is 18.6. The predicted molar refractivity (Wildman–Crippen MR) is 105 cm³/mol. The zero-order valence-corrected chi connectivity index (χ0v) is 16.6. The van der Waals surface area contributed by atoms with Crippen molar-refractivity contribution >= 4 is 11.6 Å².